The number of halogens is 1. The summed E-state index contributed by atoms with van der Waals surface area (Å²) < 4.78 is 6.74. The van der Waals surface area contributed by atoms with Gasteiger partial charge in [0.25, 0.3) is 5.56 Å². The van der Waals surface area contributed by atoms with E-state index in [0.29, 0.717) is 28.6 Å². The SMILES string of the molecule is CCCCOC(=O)c1cc(N=Cc2c(C)[nH]n(-c3ccc(C)c(C)c3)c2=O)ccc1Cl. The van der Waals surface area contributed by atoms with E-state index < -0.39 is 5.97 Å². The maximum absolute atomic E-state index is 12.9. The van der Waals surface area contributed by atoms with Crippen molar-refractivity contribution in [3.8, 4) is 5.69 Å². The fourth-order valence-corrected chi connectivity index (χ4v) is 3.23. The molecule has 6 nitrogen and oxygen atoms in total. The van der Waals surface area contributed by atoms with Crippen LogP contribution in [0.15, 0.2) is 46.2 Å². The monoisotopic (exact) mass is 439 g/mol. The van der Waals surface area contributed by atoms with Crippen LogP contribution in [0.25, 0.3) is 5.69 Å². The Bertz CT molecular complexity index is 1190. The quantitative estimate of drug-likeness (QED) is 0.302. The van der Waals surface area contributed by atoms with Crippen molar-refractivity contribution in [1.29, 1.82) is 0 Å². The molecular weight excluding hydrogens is 414 g/mol. The maximum Gasteiger partial charge on any atom is 0.339 e. The number of H-pyrrole nitrogens is 1. The van der Waals surface area contributed by atoms with E-state index >= 15 is 0 Å². The van der Waals surface area contributed by atoms with Crippen molar-refractivity contribution in [2.75, 3.05) is 6.61 Å². The minimum absolute atomic E-state index is 0.197. The highest BCUT2D eigenvalue weighted by Crippen LogP contribution is 2.23. The highest BCUT2D eigenvalue weighted by atomic mass is 35.5. The molecule has 0 saturated carbocycles. The normalized spacial score (nSPS) is 11.3. The van der Waals surface area contributed by atoms with Crippen molar-refractivity contribution in [3.63, 3.8) is 0 Å². The molecule has 3 aromatic rings. The topological polar surface area (TPSA) is 76.4 Å². The van der Waals surface area contributed by atoms with Gasteiger partial charge in [0, 0.05) is 11.9 Å². The average Bonchev–Trinajstić information content (AvgIpc) is 3.03. The van der Waals surface area contributed by atoms with Crippen molar-refractivity contribution < 1.29 is 9.53 Å². The lowest BCUT2D eigenvalue weighted by molar-refractivity contribution is 0.0500. The van der Waals surface area contributed by atoms with Crippen LogP contribution in [0.5, 0.6) is 0 Å². The Hall–Kier alpha value is -3.12. The number of carbonyl (C=O) groups is 1. The summed E-state index contributed by atoms with van der Waals surface area (Å²) in [6.07, 6.45) is 3.23. The Morgan fingerprint density at radius 3 is 2.65 bits per heavy atom. The number of carbonyl (C=O) groups excluding carboxylic acids is 1. The van der Waals surface area contributed by atoms with Crippen LogP contribution in [0, 0.1) is 20.8 Å². The number of aryl methyl sites for hydroxylation is 3. The van der Waals surface area contributed by atoms with Crippen LogP contribution in [0.3, 0.4) is 0 Å². The van der Waals surface area contributed by atoms with Crippen molar-refractivity contribution in [3.05, 3.63) is 79.7 Å². The summed E-state index contributed by atoms with van der Waals surface area (Å²) in [5.41, 5.74) is 4.73. The van der Waals surface area contributed by atoms with Gasteiger partial charge in [0.15, 0.2) is 0 Å². The fraction of sp³-hybridized carbons (Fsp3) is 0.292. The summed E-state index contributed by atoms with van der Waals surface area (Å²) in [6.45, 7) is 8.22. The van der Waals surface area contributed by atoms with Crippen LogP contribution in [0.2, 0.25) is 5.02 Å². The van der Waals surface area contributed by atoms with E-state index in [1.165, 1.54) is 10.9 Å². The first kappa shape index (κ1) is 22.6. The first-order valence-electron chi connectivity index (χ1n) is 10.2. The molecular formula is C24H26ClN3O3. The predicted octanol–water partition coefficient (Wildman–Crippen LogP) is 5.45. The molecule has 0 aliphatic heterocycles. The van der Waals surface area contributed by atoms with Gasteiger partial charge in [-0.15, -0.1) is 0 Å². The van der Waals surface area contributed by atoms with Gasteiger partial charge in [0.05, 0.1) is 34.1 Å². The molecule has 1 heterocycles. The third kappa shape index (κ3) is 5.14. The van der Waals surface area contributed by atoms with Gasteiger partial charge >= 0.3 is 5.97 Å². The van der Waals surface area contributed by atoms with Crippen molar-refractivity contribution in [2.24, 2.45) is 4.99 Å². The van der Waals surface area contributed by atoms with E-state index in [4.69, 9.17) is 16.3 Å². The van der Waals surface area contributed by atoms with Gasteiger partial charge in [-0.25, -0.2) is 9.48 Å². The number of ether oxygens (including phenoxy) is 1. The lowest BCUT2D eigenvalue weighted by Crippen LogP contribution is -2.17. The van der Waals surface area contributed by atoms with Crippen molar-refractivity contribution in [2.45, 2.75) is 40.5 Å². The molecule has 0 unspecified atom stereocenters. The highest BCUT2D eigenvalue weighted by Gasteiger charge is 2.14. The standard InChI is InChI=1S/C24H26ClN3O3/c1-5-6-11-31-24(30)20-13-18(8-10-22(20)25)26-14-21-17(4)27-28(23(21)29)19-9-7-15(2)16(3)12-19/h7-10,12-14,27H,5-6,11H2,1-4H3. The summed E-state index contributed by atoms with van der Waals surface area (Å²) in [5, 5.41) is 3.40. The molecule has 0 amide bonds. The second kappa shape index (κ2) is 9.79. The fourth-order valence-electron chi connectivity index (χ4n) is 3.03. The van der Waals surface area contributed by atoms with Crippen LogP contribution >= 0.6 is 11.6 Å². The van der Waals surface area contributed by atoms with E-state index in [1.807, 2.05) is 45.9 Å². The van der Waals surface area contributed by atoms with Gasteiger partial charge in [0.1, 0.15) is 0 Å². The van der Waals surface area contributed by atoms with E-state index in [9.17, 15) is 9.59 Å². The van der Waals surface area contributed by atoms with Crippen LogP contribution in [0.1, 0.15) is 52.5 Å². The van der Waals surface area contributed by atoms with Crippen LogP contribution in [-0.2, 0) is 4.74 Å². The number of aromatic amines is 1. The molecule has 31 heavy (non-hydrogen) atoms. The molecule has 2 aromatic carbocycles. The third-order valence-corrected chi connectivity index (χ3v) is 5.44. The minimum Gasteiger partial charge on any atom is -0.462 e. The average molecular weight is 440 g/mol. The highest BCUT2D eigenvalue weighted by molar-refractivity contribution is 6.33. The Kier molecular flexibility index (Phi) is 7.13. The largest absolute Gasteiger partial charge is 0.462 e. The number of aromatic nitrogens is 2. The number of hydrogen-bond donors (Lipinski definition) is 1. The Morgan fingerprint density at radius 2 is 1.94 bits per heavy atom. The number of hydrogen-bond acceptors (Lipinski definition) is 4. The van der Waals surface area contributed by atoms with Gasteiger partial charge in [-0.05, 0) is 68.7 Å². The van der Waals surface area contributed by atoms with E-state index in [-0.39, 0.29) is 11.1 Å². The van der Waals surface area contributed by atoms with Gasteiger partial charge in [0.2, 0.25) is 0 Å². The molecule has 0 aliphatic carbocycles. The zero-order chi connectivity index (χ0) is 22.5. The summed E-state index contributed by atoms with van der Waals surface area (Å²) >= 11 is 6.16. The number of benzene rings is 2. The van der Waals surface area contributed by atoms with Crippen LogP contribution < -0.4 is 5.56 Å². The maximum atomic E-state index is 12.9. The Morgan fingerprint density at radius 1 is 1.16 bits per heavy atom. The summed E-state index contributed by atoms with van der Waals surface area (Å²) in [6, 6.07) is 10.7. The Balaban J connectivity index is 1.88. The Labute approximate surface area is 186 Å². The second-order valence-corrected chi connectivity index (χ2v) is 7.88. The summed E-state index contributed by atoms with van der Waals surface area (Å²) in [4.78, 5) is 29.6. The first-order chi connectivity index (χ1) is 14.8. The third-order valence-electron chi connectivity index (χ3n) is 5.11. The number of esters is 1. The van der Waals surface area contributed by atoms with Crippen LogP contribution in [-0.4, -0.2) is 28.6 Å². The van der Waals surface area contributed by atoms with Crippen LogP contribution in [0.4, 0.5) is 5.69 Å². The zero-order valence-corrected chi connectivity index (χ0v) is 18.9. The number of nitrogens with zero attached hydrogens (tertiary/aromatic N) is 2. The first-order valence-corrected chi connectivity index (χ1v) is 10.6. The van der Waals surface area contributed by atoms with E-state index in [1.54, 1.807) is 18.2 Å². The molecule has 3 rings (SSSR count). The molecule has 0 saturated heterocycles. The molecule has 0 radical (unpaired) electrons. The van der Waals surface area contributed by atoms with E-state index in [0.717, 1.165) is 29.7 Å². The number of nitrogens with one attached hydrogen (secondary N) is 1. The molecule has 0 bridgehead atoms. The number of aliphatic imine (C=N–C) groups is 1. The molecule has 7 heteroatoms. The lowest BCUT2D eigenvalue weighted by Gasteiger charge is -2.06. The molecule has 1 N–H and O–H groups in total. The van der Waals surface area contributed by atoms with Gasteiger partial charge in [-0.1, -0.05) is 31.0 Å². The summed E-state index contributed by atoms with van der Waals surface area (Å²) in [5.74, 6) is -0.481. The van der Waals surface area contributed by atoms with E-state index in [2.05, 4.69) is 10.1 Å². The minimum atomic E-state index is -0.481. The second-order valence-electron chi connectivity index (χ2n) is 7.47. The molecule has 0 fully saturated rings. The number of rotatable bonds is 7. The molecule has 0 aliphatic rings. The van der Waals surface area contributed by atoms with Crippen molar-refractivity contribution in [1.82, 2.24) is 9.78 Å². The van der Waals surface area contributed by atoms with Gasteiger partial charge in [-0.2, -0.15) is 0 Å². The smallest absolute Gasteiger partial charge is 0.339 e. The van der Waals surface area contributed by atoms with Gasteiger partial charge in [-0.3, -0.25) is 14.9 Å². The van der Waals surface area contributed by atoms with Crippen molar-refractivity contribution >= 4 is 29.5 Å². The molecule has 162 valence electrons. The number of unbranched alkanes of at least 4 members (excludes halogenated alkanes) is 1. The van der Waals surface area contributed by atoms with Gasteiger partial charge < -0.3 is 4.74 Å². The zero-order valence-electron chi connectivity index (χ0n) is 18.2. The molecule has 0 spiro atoms. The molecule has 0 atom stereocenters. The molecule has 1 aromatic heterocycles. The summed E-state index contributed by atoms with van der Waals surface area (Å²) in [7, 11) is 0. The lowest BCUT2D eigenvalue weighted by atomic mass is 10.1. The predicted molar refractivity (Wildman–Crippen MR) is 124 cm³/mol.